The molecule has 3 rings (SSSR count). The topological polar surface area (TPSA) is 23.5 Å². The summed E-state index contributed by atoms with van der Waals surface area (Å²) in [5, 5.41) is 9.71. The highest BCUT2D eigenvalue weighted by atomic mass is 19.1. The van der Waals surface area contributed by atoms with Crippen LogP contribution in [0, 0.1) is 11.6 Å². The number of aliphatic hydroxyl groups is 1. The Bertz CT molecular complexity index is 417. The number of hydrogen-bond donors (Lipinski definition) is 1. The van der Waals surface area contributed by atoms with E-state index in [1.54, 1.807) is 0 Å². The van der Waals surface area contributed by atoms with Gasteiger partial charge in [0.05, 0.1) is 6.10 Å². The van der Waals surface area contributed by atoms with Crippen LogP contribution in [0.4, 0.5) is 8.78 Å². The van der Waals surface area contributed by atoms with Crippen molar-refractivity contribution in [3.63, 3.8) is 0 Å². The zero-order valence-corrected chi connectivity index (χ0v) is 10.1. The first-order valence-electron chi connectivity index (χ1n) is 6.52. The average Bonchev–Trinajstić information content (AvgIpc) is 2.56. The number of piperidine rings is 1. The van der Waals surface area contributed by atoms with E-state index in [-0.39, 0.29) is 23.8 Å². The van der Waals surface area contributed by atoms with Gasteiger partial charge in [-0.3, -0.25) is 4.90 Å². The van der Waals surface area contributed by atoms with E-state index >= 15 is 0 Å². The smallest absolute Gasteiger partial charge is 0.130 e. The van der Waals surface area contributed by atoms with Crippen LogP contribution >= 0.6 is 0 Å². The molecule has 1 aromatic carbocycles. The SMILES string of the molecule is OC1CC2CCC(C1)N2Cc1c(F)cccc1F. The molecule has 0 amide bonds. The Labute approximate surface area is 105 Å². The predicted octanol–water partition coefficient (Wildman–Crippen LogP) is 2.45. The van der Waals surface area contributed by atoms with E-state index in [0.29, 0.717) is 6.54 Å². The fraction of sp³-hybridized carbons (Fsp3) is 0.571. The van der Waals surface area contributed by atoms with Gasteiger partial charge in [-0.1, -0.05) is 6.07 Å². The molecule has 2 aliphatic rings. The molecule has 2 fully saturated rings. The van der Waals surface area contributed by atoms with Gasteiger partial charge in [0.15, 0.2) is 0 Å². The highest BCUT2D eigenvalue weighted by molar-refractivity contribution is 5.20. The van der Waals surface area contributed by atoms with E-state index in [1.165, 1.54) is 18.2 Å². The summed E-state index contributed by atoms with van der Waals surface area (Å²) in [5.74, 6) is -0.943. The lowest BCUT2D eigenvalue weighted by molar-refractivity contribution is 0.0299. The van der Waals surface area contributed by atoms with Gasteiger partial charge in [0.25, 0.3) is 0 Å². The van der Waals surface area contributed by atoms with Gasteiger partial charge in [-0.05, 0) is 37.8 Å². The highest BCUT2D eigenvalue weighted by Gasteiger charge is 2.40. The van der Waals surface area contributed by atoms with Crippen molar-refractivity contribution >= 4 is 0 Å². The Kier molecular flexibility index (Phi) is 3.08. The van der Waals surface area contributed by atoms with Crippen LogP contribution in [-0.2, 0) is 6.54 Å². The van der Waals surface area contributed by atoms with Crippen LogP contribution in [0.1, 0.15) is 31.2 Å². The molecule has 18 heavy (non-hydrogen) atoms. The van der Waals surface area contributed by atoms with Crippen molar-refractivity contribution in [1.29, 1.82) is 0 Å². The molecule has 0 saturated carbocycles. The molecule has 4 heteroatoms. The Balaban J connectivity index is 1.81. The molecular formula is C14H17F2NO. The van der Waals surface area contributed by atoms with Gasteiger partial charge in [-0.25, -0.2) is 8.78 Å². The summed E-state index contributed by atoms with van der Waals surface area (Å²) in [4.78, 5) is 2.16. The first-order valence-corrected chi connectivity index (χ1v) is 6.52. The van der Waals surface area contributed by atoms with Crippen molar-refractivity contribution in [1.82, 2.24) is 4.90 Å². The number of hydrogen-bond acceptors (Lipinski definition) is 2. The first kappa shape index (κ1) is 12.1. The zero-order chi connectivity index (χ0) is 12.7. The van der Waals surface area contributed by atoms with Gasteiger partial charge in [0.2, 0.25) is 0 Å². The molecule has 2 saturated heterocycles. The van der Waals surface area contributed by atoms with Gasteiger partial charge in [0, 0.05) is 24.2 Å². The van der Waals surface area contributed by atoms with E-state index in [4.69, 9.17) is 0 Å². The standard InChI is InChI=1S/C14H17F2NO/c15-13-2-1-3-14(16)12(13)8-17-9-4-5-10(17)7-11(18)6-9/h1-3,9-11,18H,4-8H2. The van der Waals surface area contributed by atoms with E-state index < -0.39 is 11.6 Å². The molecule has 2 bridgehead atoms. The summed E-state index contributed by atoms with van der Waals surface area (Å²) in [7, 11) is 0. The third-order valence-corrected chi connectivity index (χ3v) is 4.26. The van der Waals surface area contributed by atoms with E-state index in [0.717, 1.165) is 25.7 Å². The van der Waals surface area contributed by atoms with Crippen LogP contribution in [-0.4, -0.2) is 28.2 Å². The van der Waals surface area contributed by atoms with Gasteiger partial charge < -0.3 is 5.11 Å². The third kappa shape index (κ3) is 2.04. The number of aliphatic hydroxyl groups excluding tert-OH is 1. The minimum Gasteiger partial charge on any atom is -0.393 e. The van der Waals surface area contributed by atoms with Crippen LogP contribution in [0.3, 0.4) is 0 Å². The van der Waals surface area contributed by atoms with Crippen molar-refractivity contribution in [2.24, 2.45) is 0 Å². The maximum atomic E-state index is 13.6. The lowest BCUT2D eigenvalue weighted by atomic mass is 9.99. The molecule has 0 aliphatic carbocycles. The Morgan fingerprint density at radius 1 is 1.11 bits per heavy atom. The maximum Gasteiger partial charge on any atom is 0.130 e. The van der Waals surface area contributed by atoms with Crippen LogP contribution in [0.5, 0.6) is 0 Å². The second kappa shape index (κ2) is 4.59. The number of benzene rings is 1. The molecule has 1 aromatic rings. The summed E-state index contributed by atoms with van der Waals surface area (Å²) in [5.41, 5.74) is 0.158. The summed E-state index contributed by atoms with van der Waals surface area (Å²) in [6.45, 7) is 0.320. The van der Waals surface area contributed by atoms with Gasteiger partial charge in [-0.15, -0.1) is 0 Å². The van der Waals surface area contributed by atoms with Crippen LogP contribution in [0.2, 0.25) is 0 Å². The molecule has 1 N–H and O–H groups in total. The fourth-order valence-corrected chi connectivity index (χ4v) is 3.37. The average molecular weight is 253 g/mol. The fourth-order valence-electron chi connectivity index (χ4n) is 3.37. The Morgan fingerprint density at radius 3 is 2.22 bits per heavy atom. The lowest BCUT2D eigenvalue weighted by Crippen LogP contribution is -2.44. The van der Waals surface area contributed by atoms with Crippen LogP contribution in [0.25, 0.3) is 0 Å². The maximum absolute atomic E-state index is 13.6. The van der Waals surface area contributed by atoms with Crippen LogP contribution < -0.4 is 0 Å². The Hall–Kier alpha value is -1.00. The van der Waals surface area contributed by atoms with Crippen molar-refractivity contribution in [3.05, 3.63) is 35.4 Å². The molecular weight excluding hydrogens is 236 g/mol. The number of nitrogens with zero attached hydrogens (tertiary/aromatic N) is 1. The zero-order valence-electron chi connectivity index (χ0n) is 10.1. The Morgan fingerprint density at radius 2 is 1.67 bits per heavy atom. The molecule has 2 unspecified atom stereocenters. The molecule has 2 aliphatic heterocycles. The van der Waals surface area contributed by atoms with Crippen molar-refractivity contribution in [3.8, 4) is 0 Å². The molecule has 2 atom stereocenters. The third-order valence-electron chi connectivity index (χ3n) is 4.26. The number of rotatable bonds is 2. The minimum atomic E-state index is -0.472. The first-order chi connectivity index (χ1) is 8.65. The molecule has 0 spiro atoms. The highest BCUT2D eigenvalue weighted by Crippen LogP contribution is 2.37. The quantitative estimate of drug-likeness (QED) is 0.875. The largest absolute Gasteiger partial charge is 0.393 e. The molecule has 2 heterocycles. The predicted molar refractivity (Wildman–Crippen MR) is 64.0 cm³/mol. The second-order valence-corrected chi connectivity index (χ2v) is 5.38. The van der Waals surface area contributed by atoms with Gasteiger partial charge in [-0.2, -0.15) is 0 Å². The monoisotopic (exact) mass is 253 g/mol. The summed E-state index contributed by atoms with van der Waals surface area (Å²) >= 11 is 0. The second-order valence-electron chi connectivity index (χ2n) is 5.38. The minimum absolute atomic E-state index is 0.158. The molecule has 0 radical (unpaired) electrons. The van der Waals surface area contributed by atoms with Gasteiger partial charge >= 0.3 is 0 Å². The van der Waals surface area contributed by atoms with E-state index in [9.17, 15) is 13.9 Å². The van der Waals surface area contributed by atoms with E-state index in [2.05, 4.69) is 4.90 Å². The number of fused-ring (bicyclic) bond motifs is 2. The summed E-state index contributed by atoms with van der Waals surface area (Å²) < 4.78 is 27.3. The summed E-state index contributed by atoms with van der Waals surface area (Å²) in [6.07, 6.45) is 3.26. The van der Waals surface area contributed by atoms with Crippen molar-refractivity contribution in [2.45, 2.75) is 50.4 Å². The normalized spacial score (nSPS) is 31.8. The van der Waals surface area contributed by atoms with Crippen LogP contribution in [0.15, 0.2) is 18.2 Å². The van der Waals surface area contributed by atoms with E-state index in [1.807, 2.05) is 0 Å². The summed E-state index contributed by atoms with van der Waals surface area (Å²) in [6, 6.07) is 4.55. The lowest BCUT2D eigenvalue weighted by Gasteiger charge is -2.37. The van der Waals surface area contributed by atoms with Crippen molar-refractivity contribution < 1.29 is 13.9 Å². The number of halogens is 2. The molecule has 0 aromatic heterocycles. The van der Waals surface area contributed by atoms with Crippen molar-refractivity contribution in [2.75, 3.05) is 0 Å². The molecule has 2 nitrogen and oxygen atoms in total. The molecule has 98 valence electrons. The van der Waals surface area contributed by atoms with Gasteiger partial charge in [0.1, 0.15) is 11.6 Å².